The Bertz CT molecular complexity index is 673. The molecule has 0 aliphatic rings. The lowest BCUT2D eigenvalue weighted by Crippen LogP contribution is -2.11. The second-order valence-corrected chi connectivity index (χ2v) is 6.62. The number of rotatable bonds is 5. The van der Waals surface area contributed by atoms with Gasteiger partial charge >= 0.3 is 0 Å². The van der Waals surface area contributed by atoms with Crippen LogP contribution >= 0.6 is 23.1 Å². The van der Waals surface area contributed by atoms with Crippen molar-refractivity contribution in [3.63, 3.8) is 0 Å². The number of benzene rings is 1. The fourth-order valence-corrected chi connectivity index (χ4v) is 3.61. The molecule has 0 saturated heterocycles. The van der Waals surface area contributed by atoms with E-state index in [1.54, 1.807) is 11.3 Å². The van der Waals surface area contributed by atoms with Gasteiger partial charge in [-0.3, -0.25) is 4.40 Å². The third kappa shape index (κ3) is 2.90. The normalized spacial score (nSPS) is 12.9. The van der Waals surface area contributed by atoms with Crippen LogP contribution in [0.1, 0.15) is 24.2 Å². The van der Waals surface area contributed by atoms with Gasteiger partial charge in [0.05, 0.1) is 5.69 Å². The highest BCUT2D eigenvalue weighted by Crippen LogP contribution is 2.25. The lowest BCUT2D eigenvalue weighted by molar-refractivity contribution is 0.651. The zero-order valence-corrected chi connectivity index (χ0v) is 13.2. The summed E-state index contributed by atoms with van der Waals surface area (Å²) in [6, 6.07) is 9.09. The van der Waals surface area contributed by atoms with Crippen molar-refractivity contribution in [1.82, 2.24) is 14.7 Å². The number of nitrogens with zero attached hydrogens (tertiary/aromatic N) is 2. The standard InChI is InChI=1S/C15H17N3S2/c1-11(16-2)12-4-3-5-14(8-12)20-10-13-9-18-6-7-19-15(18)17-13/h3-9,11,16H,10H2,1-2H3. The molecule has 0 saturated carbocycles. The van der Waals surface area contributed by atoms with Crippen molar-refractivity contribution >= 4 is 28.1 Å². The molecule has 2 aromatic heterocycles. The summed E-state index contributed by atoms with van der Waals surface area (Å²) in [5.41, 5.74) is 2.46. The minimum absolute atomic E-state index is 0.383. The van der Waals surface area contributed by atoms with Crippen molar-refractivity contribution < 1.29 is 0 Å². The van der Waals surface area contributed by atoms with Crippen LogP contribution in [-0.4, -0.2) is 16.4 Å². The van der Waals surface area contributed by atoms with E-state index in [0.29, 0.717) is 6.04 Å². The van der Waals surface area contributed by atoms with E-state index in [4.69, 9.17) is 0 Å². The maximum absolute atomic E-state index is 4.61. The third-order valence-corrected chi connectivity index (χ3v) is 5.12. The number of hydrogen-bond acceptors (Lipinski definition) is 4. The minimum atomic E-state index is 0.383. The molecular weight excluding hydrogens is 286 g/mol. The van der Waals surface area contributed by atoms with Crippen LogP contribution in [-0.2, 0) is 5.75 Å². The van der Waals surface area contributed by atoms with Gasteiger partial charge in [-0.25, -0.2) is 4.98 Å². The van der Waals surface area contributed by atoms with Gasteiger partial charge in [0.25, 0.3) is 0 Å². The van der Waals surface area contributed by atoms with Crippen molar-refractivity contribution in [1.29, 1.82) is 0 Å². The SMILES string of the molecule is CNC(C)c1cccc(SCc2cn3ccsc3n2)c1. The van der Waals surface area contributed by atoms with Gasteiger partial charge in [-0.05, 0) is 31.7 Å². The Labute approximate surface area is 127 Å². The molecule has 20 heavy (non-hydrogen) atoms. The Morgan fingerprint density at radius 2 is 2.35 bits per heavy atom. The number of nitrogens with one attached hydrogen (secondary N) is 1. The number of aromatic nitrogens is 2. The van der Waals surface area contributed by atoms with Crippen molar-refractivity contribution in [3.8, 4) is 0 Å². The van der Waals surface area contributed by atoms with E-state index in [0.717, 1.165) is 16.4 Å². The molecule has 0 radical (unpaired) electrons. The first-order chi connectivity index (χ1) is 9.76. The van der Waals surface area contributed by atoms with E-state index < -0.39 is 0 Å². The first-order valence-electron chi connectivity index (χ1n) is 6.57. The van der Waals surface area contributed by atoms with E-state index in [1.807, 2.05) is 18.8 Å². The van der Waals surface area contributed by atoms with Crippen LogP contribution in [0.4, 0.5) is 0 Å². The maximum Gasteiger partial charge on any atom is 0.193 e. The van der Waals surface area contributed by atoms with E-state index in [-0.39, 0.29) is 0 Å². The predicted molar refractivity (Wildman–Crippen MR) is 86.5 cm³/mol. The number of thiazole rings is 1. The maximum atomic E-state index is 4.61. The minimum Gasteiger partial charge on any atom is -0.313 e. The van der Waals surface area contributed by atoms with E-state index in [2.05, 4.69) is 63.7 Å². The molecule has 5 heteroatoms. The van der Waals surface area contributed by atoms with Crippen LogP contribution in [0.3, 0.4) is 0 Å². The largest absolute Gasteiger partial charge is 0.313 e. The van der Waals surface area contributed by atoms with Gasteiger partial charge in [0.2, 0.25) is 0 Å². The van der Waals surface area contributed by atoms with Gasteiger partial charge < -0.3 is 5.32 Å². The van der Waals surface area contributed by atoms with Gasteiger partial charge in [0.15, 0.2) is 4.96 Å². The summed E-state index contributed by atoms with van der Waals surface area (Å²) in [4.78, 5) is 6.97. The number of imidazole rings is 1. The third-order valence-electron chi connectivity index (χ3n) is 3.32. The zero-order chi connectivity index (χ0) is 13.9. The lowest BCUT2D eigenvalue weighted by Gasteiger charge is -2.11. The average Bonchev–Trinajstić information content (AvgIpc) is 3.05. The summed E-state index contributed by atoms with van der Waals surface area (Å²) in [6.07, 6.45) is 4.16. The summed E-state index contributed by atoms with van der Waals surface area (Å²) in [6.45, 7) is 2.17. The average molecular weight is 303 g/mol. The molecule has 104 valence electrons. The van der Waals surface area contributed by atoms with Gasteiger partial charge in [0, 0.05) is 34.5 Å². The fraction of sp³-hybridized carbons (Fsp3) is 0.267. The molecule has 1 aromatic carbocycles. The van der Waals surface area contributed by atoms with E-state index in [1.165, 1.54) is 10.5 Å². The molecular formula is C15H17N3S2. The van der Waals surface area contributed by atoms with Crippen LogP contribution < -0.4 is 5.32 Å². The summed E-state index contributed by atoms with van der Waals surface area (Å²) in [5, 5.41) is 5.33. The Morgan fingerprint density at radius 1 is 1.45 bits per heavy atom. The van der Waals surface area contributed by atoms with Gasteiger partial charge in [-0.2, -0.15) is 0 Å². The highest BCUT2D eigenvalue weighted by Gasteiger charge is 2.06. The molecule has 0 bridgehead atoms. The molecule has 0 spiro atoms. The van der Waals surface area contributed by atoms with Crippen molar-refractivity contribution in [2.24, 2.45) is 0 Å². The summed E-state index contributed by atoms with van der Waals surface area (Å²) >= 11 is 3.51. The number of hydrogen-bond donors (Lipinski definition) is 1. The highest BCUT2D eigenvalue weighted by atomic mass is 32.2. The van der Waals surface area contributed by atoms with Crippen LogP contribution in [0, 0.1) is 0 Å². The molecule has 0 aliphatic carbocycles. The molecule has 0 amide bonds. The smallest absolute Gasteiger partial charge is 0.193 e. The van der Waals surface area contributed by atoms with Crippen molar-refractivity contribution in [2.75, 3.05) is 7.05 Å². The second kappa shape index (κ2) is 5.99. The van der Waals surface area contributed by atoms with Gasteiger partial charge in [-0.15, -0.1) is 23.1 Å². The first kappa shape index (κ1) is 13.7. The Hall–Kier alpha value is -1.30. The number of fused-ring (bicyclic) bond motifs is 1. The van der Waals surface area contributed by atoms with Gasteiger partial charge in [-0.1, -0.05) is 12.1 Å². The highest BCUT2D eigenvalue weighted by molar-refractivity contribution is 7.98. The van der Waals surface area contributed by atoms with Crippen LogP contribution in [0.25, 0.3) is 4.96 Å². The predicted octanol–water partition coefficient (Wildman–Crippen LogP) is 3.97. The molecule has 1 N–H and O–H groups in total. The first-order valence-corrected chi connectivity index (χ1v) is 8.44. The molecule has 3 nitrogen and oxygen atoms in total. The number of thioether (sulfide) groups is 1. The summed E-state index contributed by atoms with van der Waals surface area (Å²) < 4.78 is 2.08. The Morgan fingerprint density at radius 3 is 3.15 bits per heavy atom. The summed E-state index contributed by atoms with van der Waals surface area (Å²) in [5.74, 6) is 0.909. The van der Waals surface area contributed by atoms with Crippen molar-refractivity contribution in [3.05, 3.63) is 53.3 Å². The van der Waals surface area contributed by atoms with Gasteiger partial charge in [0.1, 0.15) is 0 Å². The van der Waals surface area contributed by atoms with E-state index >= 15 is 0 Å². The fourth-order valence-electron chi connectivity index (χ4n) is 2.04. The molecule has 2 heterocycles. The Kier molecular flexibility index (Phi) is 4.10. The van der Waals surface area contributed by atoms with Crippen LogP contribution in [0.2, 0.25) is 0 Å². The molecule has 3 rings (SSSR count). The van der Waals surface area contributed by atoms with E-state index in [9.17, 15) is 0 Å². The zero-order valence-electron chi connectivity index (χ0n) is 11.5. The second-order valence-electron chi connectivity index (χ2n) is 4.70. The van der Waals surface area contributed by atoms with Crippen molar-refractivity contribution in [2.45, 2.75) is 23.6 Å². The quantitative estimate of drug-likeness (QED) is 0.723. The monoisotopic (exact) mass is 303 g/mol. The summed E-state index contributed by atoms with van der Waals surface area (Å²) in [7, 11) is 1.99. The topological polar surface area (TPSA) is 29.3 Å². The molecule has 1 unspecified atom stereocenters. The molecule has 0 fully saturated rings. The Balaban J connectivity index is 1.70. The van der Waals surface area contributed by atoms with Crippen LogP contribution in [0.5, 0.6) is 0 Å². The van der Waals surface area contributed by atoms with Crippen LogP contribution in [0.15, 0.2) is 46.9 Å². The molecule has 1 atom stereocenters. The lowest BCUT2D eigenvalue weighted by atomic mass is 10.1. The molecule has 0 aliphatic heterocycles. The molecule has 3 aromatic rings.